The number of hydrogen-bond donors (Lipinski definition) is 0. The van der Waals surface area contributed by atoms with Crippen LogP contribution in [0.4, 0.5) is 0 Å². The topological polar surface area (TPSA) is 115 Å². The summed E-state index contributed by atoms with van der Waals surface area (Å²) in [6, 6.07) is 8.92. The predicted molar refractivity (Wildman–Crippen MR) is 117 cm³/mol. The maximum absolute atomic E-state index is 12.9. The van der Waals surface area contributed by atoms with E-state index in [-0.39, 0.29) is 21.2 Å². The molecule has 0 fully saturated rings. The molecule has 0 bridgehead atoms. The van der Waals surface area contributed by atoms with Gasteiger partial charge >= 0.3 is 5.97 Å². The van der Waals surface area contributed by atoms with Gasteiger partial charge in [0.1, 0.15) is 15.9 Å². The number of rotatable bonds is 8. The average molecular weight is 498 g/mol. The van der Waals surface area contributed by atoms with E-state index < -0.39 is 58.2 Å². The number of fused-ring (bicyclic) bond motifs is 1. The van der Waals surface area contributed by atoms with E-state index >= 15 is 0 Å². The highest BCUT2D eigenvalue weighted by Crippen LogP contribution is 2.33. The fourth-order valence-corrected chi connectivity index (χ4v) is 4.13. The molecule has 2 aromatic carbocycles. The van der Waals surface area contributed by atoms with Gasteiger partial charge in [-0.1, -0.05) is 53.5 Å². The lowest BCUT2D eigenvalue weighted by molar-refractivity contribution is -0.147. The molecule has 2 amide bonds. The van der Waals surface area contributed by atoms with Gasteiger partial charge in [-0.2, -0.15) is 0 Å². The number of ether oxygens (including phenoxy) is 1. The second-order valence-electron chi connectivity index (χ2n) is 7.12. The van der Waals surface area contributed by atoms with E-state index in [0.717, 1.165) is 6.26 Å². The zero-order valence-corrected chi connectivity index (χ0v) is 19.0. The summed E-state index contributed by atoms with van der Waals surface area (Å²) in [5.74, 6) is -3.75. The molecule has 32 heavy (non-hydrogen) atoms. The maximum atomic E-state index is 12.9. The van der Waals surface area contributed by atoms with Crippen molar-refractivity contribution in [2.24, 2.45) is 0 Å². The second-order valence-corrected chi connectivity index (χ2v) is 10.2. The summed E-state index contributed by atoms with van der Waals surface area (Å²) in [4.78, 5) is 51.4. The molecular weight excluding hydrogens is 481 g/mol. The number of hydrogen-bond acceptors (Lipinski definition) is 7. The van der Waals surface area contributed by atoms with Gasteiger partial charge in [-0.25, -0.2) is 13.2 Å². The Morgan fingerprint density at radius 2 is 1.53 bits per heavy atom. The molecule has 1 atom stereocenters. The summed E-state index contributed by atoms with van der Waals surface area (Å²) in [6.45, 7) is -0.640. The van der Waals surface area contributed by atoms with Crippen LogP contribution in [0.1, 0.15) is 37.5 Å². The Bertz CT molecular complexity index is 1170. The van der Waals surface area contributed by atoms with Gasteiger partial charge in [0.2, 0.25) is 0 Å². The van der Waals surface area contributed by atoms with Gasteiger partial charge in [-0.15, -0.1) is 0 Å². The van der Waals surface area contributed by atoms with Crippen molar-refractivity contribution in [2.45, 2.75) is 12.5 Å². The molecule has 1 aliphatic rings. The van der Waals surface area contributed by atoms with Crippen LogP contribution in [0.2, 0.25) is 10.0 Å². The number of imide groups is 1. The van der Waals surface area contributed by atoms with Crippen LogP contribution in [-0.2, 0) is 19.4 Å². The summed E-state index contributed by atoms with van der Waals surface area (Å²) < 4.78 is 28.4. The fourth-order valence-electron chi connectivity index (χ4n) is 3.15. The van der Waals surface area contributed by atoms with E-state index in [1.807, 2.05) is 0 Å². The highest BCUT2D eigenvalue weighted by Gasteiger charge is 2.44. The van der Waals surface area contributed by atoms with Crippen LogP contribution in [0.5, 0.6) is 0 Å². The number of esters is 1. The lowest BCUT2D eigenvalue weighted by Crippen LogP contribution is -2.46. The maximum Gasteiger partial charge on any atom is 0.329 e. The smallest absolute Gasteiger partial charge is 0.329 e. The van der Waals surface area contributed by atoms with E-state index in [4.69, 9.17) is 27.9 Å². The van der Waals surface area contributed by atoms with Crippen molar-refractivity contribution in [3.8, 4) is 0 Å². The molecule has 0 spiro atoms. The van der Waals surface area contributed by atoms with Crippen LogP contribution in [0, 0.1) is 0 Å². The zero-order chi connectivity index (χ0) is 23.6. The Kier molecular flexibility index (Phi) is 7.02. The molecule has 0 unspecified atom stereocenters. The quantitative estimate of drug-likeness (QED) is 0.312. The van der Waals surface area contributed by atoms with Crippen LogP contribution in [0.3, 0.4) is 0 Å². The molecule has 0 radical (unpaired) electrons. The Morgan fingerprint density at radius 3 is 2.03 bits per heavy atom. The number of carbonyl (C=O) groups is 4. The van der Waals surface area contributed by atoms with Gasteiger partial charge in [-0.3, -0.25) is 19.3 Å². The van der Waals surface area contributed by atoms with Crippen molar-refractivity contribution < 1.29 is 32.3 Å². The zero-order valence-electron chi connectivity index (χ0n) is 16.7. The van der Waals surface area contributed by atoms with Gasteiger partial charge in [-0.05, 0) is 18.6 Å². The normalized spacial score (nSPS) is 14.3. The van der Waals surface area contributed by atoms with Gasteiger partial charge in [0.05, 0.1) is 26.9 Å². The van der Waals surface area contributed by atoms with Gasteiger partial charge in [0.25, 0.3) is 11.8 Å². The van der Waals surface area contributed by atoms with E-state index in [1.54, 1.807) is 18.2 Å². The number of nitrogens with zero attached hydrogens (tertiary/aromatic N) is 1. The first kappa shape index (κ1) is 23.9. The molecule has 0 saturated heterocycles. The Balaban J connectivity index is 1.85. The predicted octanol–water partition coefficient (Wildman–Crippen LogP) is 2.82. The lowest BCUT2D eigenvalue weighted by atomic mass is 10.1. The Labute approximate surface area is 194 Å². The number of ketones is 1. The molecule has 168 valence electrons. The van der Waals surface area contributed by atoms with Crippen molar-refractivity contribution in [2.75, 3.05) is 18.6 Å². The number of amides is 2. The molecule has 0 aliphatic carbocycles. The van der Waals surface area contributed by atoms with E-state index in [2.05, 4.69) is 0 Å². The monoisotopic (exact) mass is 497 g/mol. The van der Waals surface area contributed by atoms with Crippen LogP contribution in [0.25, 0.3) is 0 Å². The minimum atomic E-state index is -3.54. The van der Waals surface area contributed by atoms with Crippen LogP contribution in [0.15, 0.2) is 42.5 Å². The van der Waals surface area contributed by atoms with Crippen molar-refractivity contribution in [1.29, 1.82) is 0 Å². The molecule has 0 aromatic heterocycles. The van der Waals surface area contributed by atoms with Crippen molar-refractivity contribution in [1.82, 2.24) is 4.90 Å². The summed E-state index contributed by atoms with van der Waals surface area (Å²) in [5, 5.41) is 0.0780. The minimum Gasteiger partial charge on any atom is -0.456 e. The fraction of sp³-hybridized carbons (Fsp3) is 0.238. The molecule has 1 heterocycles. The first-order chi connectivity index (χ1) is 15.0. The SMILES string of the molecule is CS(=O)(=O)CC[C@H](C(=O)OCC(=O)c1ccccc1)N1C(=O)c2cc(Cl)c(Cl)cc2C1=O. The van der Waals surface area contributed by atoms with Gasteiger partial charge in [0, 0.05) is 11.8 Å². The third-order valence-corrected chi connectivity index (χ3v) is 6.45. The number of benzene rings is 2. The third-order valence-electron chi connectivity index (χ3n) is 4.75. The first-order valence-electron chi connectivity index (χ1n) is 9.29. The Hall–Kier alpha value is -2.75. The van der Waals surface area contributed by atoms with Crippen molar-refractivity contribution >= 4 is 56.6 Å². The molecule has 0 saturated carbocycles. The molecule has 1 aliphatic heterocycles. The number of carbonyl (C=O) groups excluding carboxylic acids is 4. The largest absolute Gasteiger partial charge is 0.456 e. The summed E-state index contributed by atoms with van der Waals surface area (Å²) in [6.07, 6.45) is 0.556. The van der Waals surface area contributed by atoms with Crippen molar-refractivity contribution in [3.05, 3.63) is 69.2 Å². The third kappa shape index (κ3) is 5.17. The van der Waals surface area contributed by atoms with Gasteiger partial charge in [0.15, 0.2) is 12.4 Å². The van der Waals surface area contributed by atoms with E-state index in [1.165, 1.54) is 24.3 Å². The number of sulfone groups is 1. The molecular formula is C21H17Cl2NO7S. The van der Waals surface area contributed by atoms with E-state index in [0.29, 0.717) is 10.5 Å². The van der Waals surface area contributed by atoms with Gasteiger partial charge < -0.3 is 4.74 Å². The highest BCUT2D eigenvalue weighted by molar-refractivity contribution is 7.90. The summed E-state index contributed by atoms with van der Waals surface area (Å²) in [7, 11) is -3.54. The number of halogens is 2. The summed E-state index contributed by atoms with van der Waals surface area (Å²) >= 11 is 11.9. The van der Waals surface area contributed by atoms with Crippen molar-refractivity contribution in [3.63, 3.8) is 0 Å². The first-order valence-corrected chi connectivity index (χ1v) is 12.1. The Morgan fingerprint density at radius 1 is 1.00 bits per heavy atom. The van der Waals surface area contributed by atoms with Crippen LogP contribution in [-0.4, -0.2) is 61.5 Å². The standard InChI is InChI=1S/C21H17Cl2NO7S/c1-32(29,30)8-7-17(21(28)31-11-18(25)12-5-3-2-4-6-12)24-19(26)13-9-15(22)16(23)10-14(13)20(24)27/h2-6,9-10,17H,7-8,11H2,1H3/t17-/m1/s1. The van der Waals surface area contributed by atoms with E-state index in [9.17, 15) is 27.6 Å². The molecule has 3 rings (SSSR count). The lowest BCUT2D eigenvalue weighted by Gasteiger charge is -2.24. The van der Waals surface area contributed by atoms with Crippen LogP contribution >= 0.6 is 23.2 Å². The summed E-state index contributed by atoms with van der Waals surface area (Å²) in [5.41, 5.74) is 0.168. The molecule has 0 N–H and O–H groups in total. The number of Topliss-reactive ketones (excluding diaryl/α,β-unsaturated/α-hetero) is 1. The molecule has 2 aromatic rings. The molecule has 11 heteroatoms. The van der Waals surface area contributed by atoms with Crippen LogP contribution < -0.4 is 0 Å². The minimum absolute atomic E-state index is 0.0390. The molecule has 8 nitrogen and oxygen atoms in total. The second kappa shape index (κ2) is 9.40. The average Bonchev–Trinajstić information content (AvgIpc) is 2.97. The highest BCUT2D eigenvalue weighted by atomic mass is 35.5.